The van der Waals surface area contributed by atoms with Crippen molar-refractivity contribution in [1.29, 1.82) is 0 Å². The molecule has 5 saturated carbocycles. The zero-order valence-electron chi connectivity index (χ0n) is 28.9. The summed E-state index contributed by atoms with van der Waals surface area (Å²) in [5.74, 6) is 4.80. The number of hydrogen-bond acceptors (Lipinski definition) is 4. The molecule has 6 rings (SSSR count). The first-order valence-electron chi connectivity index (χ1n) is 17.7. The van der Waals surface area contributed by atoms with Gasteiger partial charge in [-0.05, 0) is 129 Å². The van der Waals surface area contributed by atoms with Crippen LogP contribution in [0.25, 0.3) is 0 Å². The van der Waals surface area contributed by atoms with Gasteiger partial charge in [0, 0.05) is 12.3 Å². The van der Waals surface area contributed by atoms with Gasteiger partial charge in [-0.3, -0.25) is 9.59 Å². The van der Waals surface area contributed by atoms with Gasteiger partial charge in [-0.15, -0.1) is 13.2 Å². The number of rotatable bonds is 5. The summed E-state index contributed by atoms with van der Waals surface area (Å²) in [4.78, 5) is 26.7. The molecule has 0 N–H and O–H groups in total. The Hall–Kier alpha value is -2.36. The van der Waals surface area contributed by atoms with Crippen molar-refractivity contribution in [3.8, 4) is 11.5 Å². The van der Waals surface area contributed by atoms with Gasteiger partial charge in [-0.25, -0.2) is 0 Å². The van der Waals surface area contributed by atoms with E-state index in [0.29, 0.717) is 52.3 Å². The first-order chi connectivity index (χ1) is 21.1. The molecular weight excluding hydrogens is 544 g/mol. The highest BCUT2D eigenvalue weighted by Crippen LogP contribution is 2.71. The maximum Gasteiger partial charge on any atom is 0.317 e. The Labute approximate surface area is 268 Å². The average Bonchev–Trinajstić information content (AvgIpc) is 3.47. The number of esters is 1. The number of fused-ring (bicyclic) bond motifs is 7. The third-order valence-corrected chi connectivity index (χ3v) is 13.1. The lowest BCUT2D eigenvalue weighted by Gasteiger charge is -2.67. The Balaban J connectivity index is 0.000000834. The fourth-order valence-electron chi connectivity index (χ4n) is 11.3. The minimum Gasteiger partial charge on any atom is -0.493 e. The normalized spacial score (nSPS) is 38.5. The van der Waals surface area contributed by atoms with Crippen LogP contribution in [0, 0.1) is 51.8 Å². The number of ketones is 1. The van der Waals surface area contributed by atoms with E-state index in [1.54, 1.807) is 13.2 Å². The van der Waals surface area contributed by atoms with Crippen molar-refractivity contribution < 1.29 is 19.1 Å². The van der Waals surface area contributed by atoms with Crippen molar-refractivity contribution >= 4 is 11.8 Å². The van der Waals surface area contributed by atoms with Crippen molar-refractivity contribution in [3.05, 3.63) is 49.1 Å². The lowest BCUT2D eigenvalue weighted by molar-refractivity contribution is -0.190. The molecule has 0 heterocycles. The van der Waals surface area contributed by atoms with Crippen molar-refractivity contribution in [2.24, 2.45) is 51.8 Å². The summed E-state index contributed by atoms with van der Waals surface area (Å²) in [7, 11) is 1.64. The number of carbonyl (C=O) groups excluding carboxylic acids is 2. The summed E-state index contributed by atoms with van der Waals surface area (Å²) >= 11 is 0. The van der Waals surface area contributed by atoms with Crippen LogP contribution in [0.15, 0.2) is 43.5 Å². The van der Waals surface area contributed by atoms with Crippen LogP contribution < -0.4 is 9.47 Å². The molecule has 9 unspecified atom stereocenters. The number of Topliss-reactive ketones (excluding diaryl/α,β-unsaturated/α-hetero) is 1. The molecule has 0 aromatic heterocycles. The standard InChI is InChI=1S/C35H48O4.C3H6.C2H6/c1-6-8-23-10-12-29(30(21-23)38-5)39-32(37)35-17-7-9-27(35)24-11-13-31-33(3)19-16-28(36)22(2)25(33)14-18-34(31,4)26(24)15-20-35;1-3-2;1-2/h6,10,12,21-22,24-27,31H,1,7-9,11,13-20H2,2-5H3;3H,1H2,2H3;1-2H3. The van der Waals surface area contributed by atoms with E-state index in [0.717, 1.165) is 56.9 Å². The summed E-state index contributed by atoms with van der Waals surface area (Å²) in [5.41, 5.74) is 1.34. The van der Waals surface area contributed by atoms with Gasteiger partial charge in [0.15, 0.2) is 11.5 Å². The molecular formula is C40H60O4. The minimum atomic E-state index is -0.359. The average molecular weight is 605 g/mol. The van der Waals surface area contributed by atoms with E-state index in [2.05, 4.69) is 33.9 Å². The summed E-state index contributed by atoms with van der Waals surface area (Å²) in [6.45, 7) is 20.4. The van der Waals surface area contributed by atoms with Gasteiger partial charge in [0.1, 0.15) is 5.78 Å². The first-order valence-corrected chi connectivity index (χ1v) is 17.7. The monoisotopic (exact) mass is 604 g/mol. The molecule has 0 bridgehead atoms. The summed E-state index contributed by atoms with van der Waals surface area (Å²) in [5, 5.41) is 0. The predicted molar refractivity (Wildman–Crippen MR) is 181 cm³/mol. The highest BCUT2D eigenvalue weighted by molar-refractivity contribution is 5.82. The van der Waals surface area contributed by atoms with Gasteiger partial charge in [0.2, 0.25) is 0 Å². The smallest absolute Gasteiger partial charge is 0.317 e. The van der Waals surface area contributed by atoms with Crippen LogP contribution >= 0.6 is 0 Å². The molecule has 44 heavy (non-hydrogen) atoms. The fraction of sp³-hybridized carbons (Fsp3) is 0.700. The summed E-state index contributed by atoms with van der Waals surface area (Å²) in [6.07, 6.45) is 16.5. The number of hydrogen-bond donors (Lipinski definition) is 0. The Kier molecular flexibility index (Phi) is 10.9. The van der Waals surface area contributed by atoms with Crippen LogP contribution in [0.1, 0.15) is 118 Å². The Morgan fingerprint density at radius 3 is 2.30 bits per heavy atom. The van der Waals surface area contributed by atoms with Crippen LogP contribution in [-0.4, -0.2) is 18.9 Å². The Morgan fingerprint density at radius 1 is 0.932 bits per heavy atom. The van der Waals surface area contributed by atoms with Gasteiger partial charge in [0.25, 0.3) is 0 Å². The van der Waals surface area contributed by atoms with Crippen LogP contribution in [0.3, 0.4) is 0 Å². The molecule has 5 aliphatic rings. The number of carbonyl (C=O) groups is 2. The third kappa shape index (κ3) is 5.73. The van der Waals surface area contributed by atoms with Crippen LogP contribution in [0.2, 0.25) is 0 Å². The molecule has 4 heteroatoms. The molecule has 0 amide bonds. The van der Waals surface area contributed by atoms with Gasteiger partial charge >= 0.3 is 5.97 Å². The molecule has 0 radical (unpaired) electrons. The van der Waals surface area contributed by atoms with E-state index in [-0.39, 0.29) is 22.7 Å². The molecule has 5 aliphatic carbocycles. The number of ether oxygens (including phenoxy) is 2. The molecule has 4 nitrogen and oxygen atoms in total. The fourth-order valence-corrected chi connectivity index (χ4v) is 11.3. The third-order valence-electron chi connectivity index (χ3n) is 13.1. The molecule has 0 spiro atoms. The molecule has 1 aromatic carbocycles. The summed E-state index contributed by atoms with van der Waals surface area (Å²) < 4.78 is 11.8. The first kappa shape index (κ1) is 34.5. The zero-order valence-corrected chi connectivity index (χ0v) is 28.9. The Morgan fingerprint density at radius 2 is 1.61 bits per heavy atom. The van der Waals surface area contributed by atoms with Gasteiger partial charge < -0.3 is 9.47 Å². The maximum atomic E-state index is 14.1. The highest BCUT2D eigenvalue weighted by Gasteiger charge is 2.66. The minimum absolute atomic E-state index is 0.0271. The lowest BCUT2D eigenvalue weighted by atomic mass is 9.38. The number of benzene rings is 1. The Bertz CT molecular complexity index is 1200. The van der Waals surface area contributed by atoms with Crippen molar-refractivity contribution in [2.45, 2.75) is 119 Å². The SMILES string of the molecule is C=CC.C=CCc1ccc(OC(=O)C23CCCC2C2CCC4C5(C)CCC(=O)C(C)C5CCC4(C)C2CC3)c(OC)c1.CC. The van der Waals surface area contributed by atoms with Gasteiger partial charge in [-0.2, -0.15) is 0 Å². The second-order valence-corrected chi connectivity index (χ2v) is 14.8. The van der Waals surface area contributed by atoms with E-state index < -0.39 is 0 Å². The van der Waals surface area contributed by atoms with E-state index in [9.17, 15) is 9.59 Å². The molecule has 0 aliphatic heterocycles. The quantitative estimate of drug-likeness (QED) is 0.191. The van der Waals surface area contributed by atoms with Crippen molar-refractivity contribution in [2.75, 3.05) is 7.11 Å². The second kappa shape index (κ2) is 14.0. The van der Waals surface area contributed by atoms with E-state index >= 15 is 0 Å². The van der Waals surface area contributed by atoms with Gasteiger partial charge in [-0.1, -0.05) is 59.3 Å². The van der Waals surface area contributed by atoms with Gasteiger partial charge in [0.05, 0.1) is 12.5 Å². The van der Waals surface area contributed by atoms with E-state index in [1.165, 1.54) is 25.7 Å². The molecule has 1 aromatic rings. The van der Waals surface area contributed by atoms with Crippen molar-refractivity contribution in [1.82, 2.24) is 0 Å². The molecule has 5 fully saturated rings. The second-order valence-electron chi connectivity index (χ2n) is 14.8. The highest BCUT2D eigenvalue weighted by atomic mass is 16.6. The lowest BCUT2D eigenvalue weighted by Crippen LogP contribution is -2.61. The van der Waals surface area contributed by atoms with Crippen LogP contribution in [0.4, 0.5) is 0 Å². The predicted octanol–water partition coefficient (Wildman–Crippen LogP) is 10.2. The topological polar surface area (TPSA) is 52.6 Å². The number of methoxy groups -OCH3 is 1. The van der Waals surface area contributed by atoms with Crippen molar-refractivity contribution in [3.63, 3.8) is 0 Å². The van der Waals surface area contributed by atoms with E-state index in [1.807, 2.05) is 45.0 Å². The van der Waals surface area contributed by atoms with E-state index in [4.69, 9.17) is 9.47 Å². The zero-order chi connectivity index (χ0) is 32.3. The molecule has 9 atom stereocenters. The summed E-state index contributed by atoms with van der Waals surface area (Å²) in [6, 6.07) is 5.86. The molecule has 244 valence electrons. The van der Waals surface area contributed by atoms with Crippen LogP contribution in [0.5, 0.6) is 11.5 Å². The maximum absolute atomic E-state index is 14.1. The molecule has 0 saturated heterocycles. The number of allylic oxidation sites excluding steroid dienone is 2. The van der Waals surface area contributed by atoms with Crippen LogP contribution in [-0.2, 0) is 16.0 Å². The largest absolute Gasteiger partial charge is 0.493 e.